The van der Waals surface area contributed by atoms with Gasteiger partial charge in [-0.05, 0) is 18.2 Å². The SMILES string of the molecule is N#CCC(CN1CCNCC1C(=O)c1ccncc1)n1cc(-c2ncnc3[nH]ccc23)cn1. The first-order valence-electron chi connectivity index (χ1n) is 10.8. The van der Waals surface area contributed by atoms with Gasteiger partial charge >= 0.3 is 0 Å². The molecular weight excluding hydrogens is 418 g/mol. The second-order valence-corrected chi connectivity index (χ2v) is 8.00. The Bertz CT molecular complexity index is 1290. The Morgan fingerprint density at radius 1 is 1.27 bits per heavy atom. The van der Waals surface area contributed by atoms with Gasteiger partial charge in [-0.1, -0.05) is 0 Å². The van der Waals surface area contributed by atoms with Gasteiger partial charge in [0.2, 0.25) is 0 Å². The summed E-state index contributed by atoms with van der Waals surface area (Å²) in [6, 6.07) is 7.19. The average Bonchev–Trinajstić information content (AvgIpc) is 3.54. The Hall–Kier alpha value is -3.94. The molecule has 10 nitrogen and oxygen atoms in total. The molecule has 0 radical (unpaired) electrons. The van der Waals surface area contributed by atoms with Crippen molar-refractivity contribution in [2.75, 3.05) is 26.2 Å². The van der Waals surface area contributed by atoms with Crippen molar-refractivity contribution in [2.24, 2.45) is 0 Å². The van der Waals surface area contributed by atoms with Gasteiger partial charge in [0.1, 0.15) is 12.0 Å². The van der Waals surface area contributed by atoms with E-state index in [-0.39, 0.29) is 24.3 Å². The number of aromatic nitrogens is 6. The van der Waals surface area contributed by atoms with E-state index in [1.54, 1.807) is 30.7 Å². The first-order chi connectivity index (χ1) is 16.2. The van der Waals surface area contributed by atoms with Crippen LogP contribution in [0.5, 0.6) is 0 Å². The number of rotatable bonds is 7. The Morgan fingerprint density at radius 2 is 2.15 bits per heavy atom. The van der Waals surface area contributed by atoms with Crippen molar-refractivity contribution in [1.29, 1.82) is 5.26 Å². The second kappa shape index (κ2) is 9.28. The number of H-pyrrole nitrogens is 1. The van der Waals surface area contributed by atoms with Crippen molar-refractivity contribution in [3.05, 3.63) is 61.1 Å². The van der Waals surface area contributed by atoms with Crippen LogP contribution in [-0.2, 0) is 0 Å². The molecule has 5 heterocycles. The fourth-order valence-corrected chi connectivity index (χ4v) is 4.31. The normalized spacial score (nSPS) is 17.6. The van der Waals surface area contributed by atoms with E-state index in [1.165, 1.54) is 6.33 Å². The summed E-state index contributed by atoms with van der Waals surface area (Å²) < 4.78 is 1.81. The van der Waals surface area contributed by atoms with Crippen molar-refractivity contribution in [3.63, 3.8) is 0 Å². The van der Waals surface area contributed by atoms with Gasteiger partial charge < -0.3 is 10.3 Å². The number of Topliss-reactive ketones (excluding diaryl/α,β-unsaturated/α-hetero) is 1. The number of nitriles is 1. The number of carbonyl (C=O) groups is 1. The number of carbonyl (C=O) groups excluding carboxylic acids is 1. The largest absolute Gasteiger partial charge is 0.346 e. The zero-order valence-corrected chi connectivity index (χ0v) is 17.9. The lowest BCUT2D eigenvalue weighted by Gasteiger charge is -2.37. The predicted octanol–water partition coefficient (Wildman–Crippen LogP) is 1.83. The van der Waals surface area contributed by atoms with E-state index in [9.17, 15) is 10.1 Å². The Balaban J connectivity index is 1.39. The molecule has 2 unspecified atom stereocenters. The number of fused-ring (bicyclic) bond motifs is 1. The molecule has 1 aliphatic heterocycles. The number of nitrogens with one attached hydrogen (secondary N) is 2. The van der Waals surface area contributed by atoms with Crippen LogP contribution in [0.4, 0.5) is 0 Å². The summed E-state index contributed by atoms with van der Waals surface area (Å²) in [5, 5.41) is 18.3. The molecular formula is C23H23N9O. The monoisotopic (exact) mass is 441 g/mol. The van der Waals surface area contributed by atoms with Crippen molar-refractivity contribution in [3.8, 4) is 17.3 Å². The van der Waals surface area contributed by atoms with Gasteiger partial charge in [0.25, 0.3) is 0 Å². The average molecular weight is 441 g/mol. The molecule has 1 aliphatic rings. The molecule has 4 aromatic rings. The van der Waals surface area contributed by atoms with E-state index in [0.29, 0.717) is 25.2 Å². The van der Waals surface area contributed by atoms with E-state index in [1.807, 2.05) is 23.1 Å². The molecule has 4 aromatic heterocycles. The third-order valence-corrected chi connectivity index (χ3v) is 6.00. The van der Waals surface area contributed by atoms with Crippen LogP contribution in [0.2, 0.25) is 0 Å². The Morgan fingerprint density at radius 3 is 3.00 bits per heavy atom. The van der Waals surface area contributed by atoms with Gasteiger partial charge in [0, 0.05) is 67.5 Å². The Kier molecular flexibility index (Phi) is 5.89. The van der Waals surface area contributed by atoms with E-state index in [4.69, 9.17) is 0 Å². The summed E-state index contributed by atoms with van der Waals surface area (Å²) in [6.45, 7) is 2.61. The van der Waals surface area contributed by atoms with E-state index < -0.39 is 0 Å². The minimum absolute atomic E-state index is 0.0531. The lowest BCUT2D eigenvalue weighted by Crippen LogP contribution is -2.56. The Labute approximate surface area is 190 Å². The van der Waals surface area contributed by atoms with Gasteiger partial charge in [-0.2, -0.15) is 10.4 Å². The second-order valence-electron chi connectivity index (χ2n) is 8.00. The maximum Gasteiger partial charge on any atom is 0.181 e. The highest BCUT2D eigenvalue weighted by Crippen LogP contribution is 2.26. The van der Waals surface area contributed by atoms with Gasteiger partial charge in [0.15, 0.2) is 5.78 Å². The molecule has 1 fully saturated rings. The van der Waals surface area contributed by atoms with Crippen LogP contribution >= 0.6 is 0 Å². The summed E-state index contributed by atoms with van der Waals surface area (Å²) in [5.41, 5.74) is 3.05. The molecule has 166 valence electrons. The van der Waals surface area contributed by atoms with E-state index in [2.05, 4.69) is 41.3 Å². The van der Waals surface area contributed by atoms with Crippen molar-refractivity contribution in [1.82, 2.24) is 39.9 Å². The summed E-state index contributed by atoms with van der Waals surface area (Å²) in [6.07, 6.45) is 10.6. The highest BCUT2D eigenvalue weighted by Gasteiger charge is 2.31. The molecule has 0 aliphatic carbocycles. The van der Waals surface area contributed by atoms with Gasteiger partial charge in [0.05, 0.1) is 36.5 Å². The minimum atomic E-state index is -0.307. The lowest BCUT2D eigenvalue weighted by molar-refractivity contribution is 0.0738. The molecule has 1 saturated heterocycles. The fourth-order valence-electron chi connectivity index (χ4n) is 4.31. The highest BCUT2D eigenvalue weighted by molar-refractivity contribution is 6.00. The zero-order chi connectivity index (χ0) is 22.6. The molecule has 10 heteroatoms. The van der Waals surface area contributed by atoms with Crippen molar-refractivity contribution in [2.45, 2.75) is 18.5 Å². The minimum Gasteiger partial charge on any atom is -0.346 e. The maximum atomic E-state index is 13.2. The molecule has 0 aromatic carbocycles. The van der Waals surface area contributed by atoms with Crippen LogP contribution in [-0.4, -0.2) is 72.6 Å². The van der Waals surface area contributed by atoms with Gasteiger partial charge in [-0.3, -0.25) is 19.4 Å². The van der Waals surface area contributed by atoms with Crippen LogP contribution in [0.3, 0.4) is 0 Å². The smallest absolute Gasteiger partial charge is 0.181 e. The van der Waals surface area contributed by atoms with Crippen LogP contribution in [0.1, 0.15) is 22.8 Å². The summed E-state index contributed by atoms with van der Waals surface area (Å²) in [4.78, 5) is 31.1. The first-order valence-corrected chi connectivity index (χ1v) is 10.8. The molecule has 33 heavy (non-hydrogen) atoms. The van der Waals surface area contributed by atoms with Gasteiger partial charge in [-0.25, -0.2) is 9.97 Å². The molecule has 2 N–H and O–H groups in total. The summed E-state index contributed by atoms with van der Waals surface area (Å²) in [7, 11) is 0. The van der Waals surface area contributed by atoms with Gasteiger partial charge in [-0.15, -0.1) is 0 Å². The topological polar surface area (TPSA) is 128 Å². The van der Waals surface area contributed by atoms with Crippen LogP contribution in [0.15, 0.2) is 55.5 Å². The van der Waals surface area contributed by atoms with Crippen LogP contribution in [0, 0.1) is 11.3 Å². The third kappa shape index (κ3) is 4.24. The summed E-state index contributed by atoms with van der Waals surface area (Å²) in [5.74, 6) is 0.0531. The number of aromatic amines is 1. The lowest BCUT2D eigenvalue weighted by atomic mass is 10.0. The van der Waals surface area contributed by atoms with Crippen molar-refractivity contribution >= 4 is 16.8 Å². The predicted molar refractivity (Wildman–Crippen MR) is 121 cm³/mol. The maximum absolute atomic E-state index is 13.2. The number of ketones is 1. The number of nitrogens with zero attached hydrogens (tertiary/aromatic N) is 7. The highest BCUT2D eigenvalue weighted by atomic mass is 16.1. The zero-order valence-electron chi connectivity index (χ0n) is 17.9. The number of hydrogen-bond donors (Lipinski definition) is 2. The van der Waals surface area contributed by atoms with E-state index in [0.717, 1.165) is 28.8 Å². The fraction of sp³-hybridized carbons (Fsp3) is 0.304. The molecule has 5 rings (SSSR count). The van der Waals surface area contributed by atoms with Crippen molar-refractivity contribution < 1.29 is 4.79 Å². The molecule has 2 atom stereocenters. The third-order valence-electron chi connectivity index (χ3n) is 6.00. The quantitative estimate of drug-likeness (QED) is 0.416. The first kappa shape index (κ1) is 20.9. The number of piperazine rings is 1. The molecule has 0 bridgehead atoms. The molecule has 0 spiro atoms. The van der Waals surface area contributed by atoms with Crippen LogP contribution in [0.25, 0.3) is 22.3 Å². The standard InChI is InChI=1S/C23H23N9O/c24-5-1-18(14-31-10-9-26-12-20(31)22(33)16-2-6-25-7-3-16)32-13-17(11-30-32)21-19-4-8-27-23(19)29-15-28-21/h2-4,6-8,11,13,15,18,20,26H,1,9-10,12,14H2,(H,27,28,29). The molecule has 0 amide bonds. The molecule has 0 saturated carbocycles. The van der Waals surface area contributed by atoms with E-state index >= 15 is 0 Å². The number of pyridine rings is 1. The van der Waals surface area contributed by atoms with Crippen LogP contribution < -0.4 is 5.32 Å². The number of hydrogen-bond acceptors (Lipinski definition) is 8. The summed E-state index contributed by atoms with van der Waals surface area (Å²) >= 11 is 0.